The molecule has 0 aliphatic carbocycles. The summed E-state index contributed by atoms with van der Waals surface area (Å²) in [6.07, 6.45) is 1.57. The fourth-order valence-electron chi connectivity index (χ4n) is 3.20. The number of hydrogen-bond donors (Lipinski definition) is 0. The Morgan fingerprint density at radius 3 is 2.70 bits per heavy atom. The Balaban J connectivity index is 1.64. The van der Waals surface area contributed by atoms with E-state index < -0.39 is 0 Å². The first kappa shape index (κ1) is 17.6. The topological polar surface area (TPSA) is 79.8 Å². The Morgan fingerprint density at radius 1 is 1.22 bits per heavy atom. The summed E-state index contributed by atoms with van der Waals surface area (Å²) in [7, 11) is 0. The molecule has 4 rings (SSSR count). The maximum Gasteiger partial charge on any atom is 0.273 e. The Kier molecular flexibility index (Phi) is 4.59. The van der Waals surface area contributed by atoms with Crippen LogP contribution in [0.25, 0.3) is 6.08 Å². The van der Waals surface area contributed by atoms with Crippen LogP contribution >= 0.6 is 11.3 Å². The number of anilines is 1. The number of para-hydroxylation sites is 1. The highest BCUT2D eigenvalue weighted by Gasteiger charge is 2.34. The molecule has 0 unspecified atom stereocenters. The van der Waals surface area contributed by atoms with Gasteiger partial charge in [-0.2, -0.15) is 0 Å². The van der Waals surface area contributed by atoms with Gasteiger partial charge >= 0.3 is 0 Å². The van der Waals surface area contributed by atoms with Crippen LogP contribution in [-0.4, -0.2) is 53.8 Å². The number of aromatic nitrogens is 1. The first-order chi connectivity index (χ1) is 13.1. The highest BCUT2D eigenvalue weighted by molar-refractivity contribution is 7.10. The third-order valence-electron chi connectivity index (χ3n) is 4.48. The van der Waals surface area contributed by atoms with Crippen molar-refractivity contribution in [1.29, 1.82) is 0 Å². The number of Topliss-reactive ketones (excluding diaryl/α,β-unsaturated/α-hetero) is 1. The molecule has 0 bridgehead atoms. The summed E-state index contributed by atoms with van der Waals surface area (Å²) in [5.74, 6) is -0.624. The summed E-state index contributed by atoms with van der Waals surface area (Å²) >= 11 is 1.27. The van der Waals surface area contributed by atoms with E-state index in [-0.39, 0.29) is 23.3 Å². The molecule has 3 heterocycles. The number of benzene rings is 1. The summed E-state index contributed by atoms with van der Waals surface area (Å²) in [4.78, 5) is 44.8. The SMILES string of the molecule is CC(=O)N1/C(=C/c2nc(C(=O)N3CCOCC3)cs2)C(=O)c2ccccc21. The molecule has 0 spiro atoms. The number of morpholine rings is 1. The highest BCUT2D eigenvalue weighted by atomic mass is 32.1. The minimum Gasteiger partial charge on any atom is -0.378 e. The van der Waals surface area contributed by atoms with Crippen LogP contribution < -0.4 is 4.90 Å². The second-order valence-electron chi connectivity index (χ2n) is 6.21. The maximum atomic E-state index is 12.7. The van der Waals surface area contributed by atoms with Crippen LogP contribution in [-0.2, 0) is 9.53 Å². The van der Waals surface area contributed by atoms with E-state index in [9.17, 15) is 14.4 Å². The number of allylic oxidation sites excluding steroid dienone is 1. The van der Waals surface area contributed by atoms with E-state index >= 15 is 0 Å². The molecule has 1 saturated heterocycles. The van der Waals surface area contributed by atoms with Gasteiger partial charge in [0.15, 0.2) is 0 Å². The van der Waals surface area contributed by atoms with E-state index in [1.165, 1.54) is 23.2 Å². The van der Waals surface area contributed by atoms with Gasteiger partial charge < -0.3 is 9.64 Å². The number of carbonyl (C=O) groups is 3. The minimum atomic E-state index is -0.249. The molecule has 8 heteroatoms. The summed E-state index contributed by atoms with van der Waals surface area (Å²) in [5.41, 5.74) is 1.65. The average molecular weight is 383 g/mol. The number of hydrogen-bond acceptors (Lipinski definition) is 6. The van der Waals surface area contributed by atoms with Gasteiger partial charge in [0, 0.05) is 37.0 Å². The van der Waals surface area contributed by atoms with Crippen molar-refractivity contribution < 1.29 is 19.1 Å². The zero-order valence-electron chi connectivity index (χ0n) is 14.7. The molecular formula is C19H17N3O4S. The summed E-state index contributed by atoms with van der Waals surface area (Å²) in [6, 6.07) is 6.99. The first-order valence-electron chi connectivity index (χ1n) is 8.55. The highest BCUT2D eigenvalue weighted by Crippen LogP contribution is 2.35. The molecule has 2 aromatic rings. The fraction of sp³-hybridized carbons (Fsp3) is 0.263. The van der Waals surface area contributed by atoms with Gasteiger partial charge in [0.25, 0.3) is 5.91 Å². The number of amides is 2. The van der Waals surface area contributed by atoms with E-state index in [1.807, 2.05) is 0 Å². The van der Waals surface area contributed by atoms with Gasteiger partial charge in [0.1, 0.15) is 10.7 Å². The van der Waals surface area contributed by atoms with Crippen molar-refractivity contribution in [2.24, 2.45) is 0 Å². The van der Waals surface area contributed by atoms with Crippen LogP contribution in [0.3, 0.4) is 0 Å². The van der Waals surface area contributed by atoms with Crippen LogP contribution in [0, 0.1) is 0 Å². The predicted octanol–water partition coefficient (Wildman–Crippen LogP) is 2.21. The average Bonchev–Trinajstić information content (AvgIpc) is 3.26. The van der Waals surface area contributed by atoms with Crippen molar-refractivity contribution in [1.82, 2.24) is 9.88 Å². The summed E-state index contributed by atoms with van der Waals surface area (Å²) in [6.45, 7) is 3.54. The second kappa shape index (κ2) is 7.05. The van der Waals surface area contributed by atoms with E-state index in [0.29, 0.717) is 48.3 Å². The molecule has 0 radical (unpaired) electrons. The molecule has 2 aliphatic heterocycles. The molecule has 0 saturated carbocycles. The quantitative estimate of drug-likeness (QED) is 0.743. The molecular weight excluding hydrogens is 366 g/mol. The number of fused-ring (bicyclic) bond motifs is 1. The summed E-state index contributed by atoms with van der Waals surface area (Å²) < 4.78 is 5.26. The van der Waals surface area contributed by atoms with Crippen LogP contribution in [0.1, 0.15) is 32.8 Å². The molecule has 0 atom stereocenters. The molecule has 2 amide bonds. The molecule has 27 heavy (non-hydrogen) atoms. The molecule has 138 valence electrons. The van der Waals surface area contributed by atoms with Gasteiger partial charge in [0.05, 0.1) is 24.6 Å². The monoisotopic (exact) mass is 383 g/mol. The number of thiazole rings is 1. The van der Waals surface area contributed by atoms with Gasteiger partial charge in [-0.15, -0.1) is 11.3 Å². The Morgan fingerprint density at radius 2 is 1.96 bits per heavy atom. The smallest absolute Gasteiger partial charge is 0.273 e. The normalized spacial score (nSPS) is 18.1. The molecule has 1 fully saturated rings. The number of ether oxygens (including phenoxy) is 1. The van der Waals surface area contributed by atoms with Crippen LogP contribution in [0.5, 0.6) is 0 Å². The van der Waals surface area contributed by atoms with Gasteiger partial charge in [-0.25, -0.2) is 4.98 Å². The molecule has 1 aromatic heterocycles. The second-order valence-corrected chi connectivity index (χ2v) is 7.10. The lowest BCUT2D eigenvalue weighted by Gasteiger charge is -2.25. The Hall–Kier alpha value is -2.84. The van der Waals surface area contributed by atoms with E-state index in [0.717, 1.165) is 0 Å². The largest absolute Gasteiger partial charge is 0.378 e. The fourth-order valence-corrected chi connectivity index (χ4v) is 3.91. The first-order valence-corrected chi connectivity index (χ1v) is 9.43. The van der Waals surface area contributed by atoms with Crippen LogP contribution in [0.15, 0.2) is 35.3 Å². The Bertz CT molecular complexity index is 959. The third-order valence-corrected chi connectivity index (χ3v) is 5.27. The molecule has 0 N–H and O–H groups in total. The number of ketones is 1. The molecule has 2 aliphatic rings. The van der Waals surface area contributed by atoms with Crippen LogP contribution in [0.2, 0.25) is 0 Å². The lowest BCUT2D eigenvalue weighted by Crippen LogP contribution is -2.40. The minimum absolute atomic E-state index is 0.149. The van der Waals surface area contributed by atoms with E-state index in [2.05, 4.69) is 4.98 Å². The van der Waals surface area contributed by atoms with Crippen molar-refractivity contribution in [2.45, 2.75) is 6.92 Å². The lowest BCUT2D eigenvalue weighted by atomic mass is 10.1. The Labute approximate surface area is 159 Å². The van der Waals surface area contributed by atoms with Gasteiger partial charge in [0.2, 0.25) is 11.7 Å². The predicted molar refractivity (Wildman–Crippen MR) is 101 cm³/mol. The number of rotatable bonds is 2. The molecule has 7 nitrogen and oxygen atoms in total. The van der Waals surface area contributed by atoms with Crippen LogP contribution in [0.4, 0.5) is 5.69 Å². The van der Waals surface area contributed by atoms with Gasteiger partial charge in [-0.05, 0) is 12.1 Å². The third kappa shape index (κ3) is 3.17. The standard InChI is InChI=1S/C19H17N3O4S/c1-12(23)22-15-5-3-2-4-13(15)18(24)16(22)10-17-20-14(11-27-17)19(25)21-6-8-26-9-7-21/h2-5,10-11H,6-9H2,1H3/b16-10+. The van der Waals surface area contributed by atoms with Crippen molar-refractivity contribution in [2.75, 3.05) is 31.2 Å². The molecule has 1 aromatic carbocycles. The van der Waals surface area contributed by atoms with Crippen molar-refractivity contribution in [3.63, 3.8) is 0 Å². The van der Waals surface area contributed by atoms with Crippen molar-refractivity contribution >= 4 is 40.7 Å². The summed E-state index contributed by atoms with van der Waals surface area (Å²) in [5, 5.41) is 2.18. The van der Waals surface area contributed by atoms with E-state index in [1.54, 1.807) is 40.6 Å². The van der Waals surface area contributed by atoms with Crippen molar-refractivity contribution in [3.05, 3.63) is 51.6 Å². The van der Waals surface area contributed by atoms with E-state index in [4.69, 9.17) is 4.74 Å². The number of carbonyl (C=O) groups excluding carboxylic acids is 3. The number of nitrogens with zero attached hydrogens (tertiary/aromatic N) is 3. The van der Waals surface area contributed by atoms with Gasteiger partial charge in [-0.3, -0.25) is 19.3 Å². The van der Waals surface area contributed by atoms with Crippen molar-refractivity contribution in [3.8, 4) is 0 Å². The zero-order valence-corrected chi connectivity index (χ0v) is 15.5. The van der Waals surface area contributed by atoms with Gasteiger partial charge in [-0.1, -0.05) is 12.1 Å². The maximum absolute atomic E-state index is 12.7. The lowest BCUT2D eigenvalue weighted by molar-refractivity contribution is -0.116. The zero-order chi connectivity index (χ0) is 19.0.